The molecule has 3 aromatic rings. The van der Waals surface area contributed by atoms with E-state index in [0.29, 0.717) is 6.54 Å². The number of benzene rings is 2. The van der Waals surface area contributed by atoms with Gasteiger partial charge in [0.05, 0.1) is 17.6 Å². The molecule has 0 aliphatic carbocycles. The van der Waals surface area contributed by atoms with Gasteiger partial charge in [-0.15, -0.1) is 0 Å². The third kappa shape index (κ3) is 2.38. The van der Waals surface area contributed by atoms with E-state index >= 15 is 0 Å². The minimum absolute atomic E-state index is 0.265. The number of nitrogens with zero attached hydrogens (tertiary/aromatic N) is 2. The van der Waals surface area contributed by atoms with Crippen molar-refractivity contribution < 1.29 is 5.11 Å². The first-order chi connectivity index (χ1) is 9.61. The average Bonchev–Trinajstić information content (AvgIpc) is 2.80. The summed E-state index contributed by atoms with van der Waals surface area (Å²) in [5.41, 5.74) is 9.35. The Morgan fingerprint density at radius 2 is 1.95 bits per heavy atom. The number of H-pyrrole nitrogens is 1. The molecule has 0 unspecified atom stereocenters. The molecule has 1 aromatic heterocycles. The molecule has 1 heterocycles. The third-order valence-electron chi connectivity index (χ3n) is 3.23. The first-order valence-electron chi connectivity index (χ1n) is 6.36. The normalized spacial score (nSPS) is 10.8. The number of fused-ring (bicyclic) bond motifs is 1. The maximum atomic E-state index is 9.30. The van der Waals surface area contributed by atoms with Crippen LogP contribution in [0, 0.1) is 0 Å². The van der Waals surface area contributed by atoms with E-state index in [1.165, 1.54) is 0 Å². The lowest BCUT2D eigenvalue weighted by Gasteiger charge is -2.17. The summed E-state index contributed by atoms with van der Waals surface area (Å²) in [6.45, 7) is 0.652. The summed E-state index contributed by atoms with van der Waals surface area (Å²) >= 11 is 0. The highest BCUT2D eigenvalue weighted by atomic mass is 16.3. The fourth-order valence-electron chi connectivity index (χ4n) is 2.18. The van der Waals surface area contributed by atoms with Gasteiger partial charge in [0.15, 0.2) is 0 Å². The van der Waals surface area contributed by atoms with Crippen molar-refractivity contribution in [2.75, 3.05) is 17.7 Å². The number of nitrogen functional groups attached to an aromatic ring is 1. The standard InChI is InChI=1S/C15H16N4O/c1-19(11-3-5-12(20)6-4-11)9-15-17-13-7-2-10(16)8-14(13)18-15/h2-8,20H,9,16H2,1H3,(H,17,18). The molecule has 0 aliphatic rings. The van der Waals surface area contributed by atoms with Gasteiger partial charge in [-0.05, 0) is 42.5 Å². The highest BCUT2D eigenvalue weighted by molar-refractivity contribution is 5.78. The molecule has 102 valence electrons. The number of aromatic nitrogens is 2. The predicted molar refractivity (Wildman–Crippen MR) is 80.7 cm³/mol. The molecule has 0 amide bonds. The number of aromatic hydroxyl groups is 1. The molecule has 20 heavy (non-hydrogen) atoms. The van der Waals surface area contributed by atoms with Crippen molar-refractivity contribution in [3.63, 3.8) is 0 Å². The Hall–Kier alpha value is -2.69. The molecule has 0 bridgehead atoms. The second-order valence-electron chi connectivity index (χ2n) is 4.83. The van der Waals surface area contributed by atoms with Gasteiger partial charge in [0.1, 0.15) is 11.6 Å². The van der Waals surface area contributed by atoms with Crippen molar-refractivity contribution >= 4 is 22.4 Å². The van der Waals surface area contributed by atoms with Crippen molar-refractivity contribution in [3.8, 4) is 5.75 Å². The fourth-order valence-corrected chi connectivity index (χ4v) is 2.18. The summed E-state index contributed by atoms with van der Waals surface area (Å²) in [4.78, 5) is 9.86. The number of hydrogen-bond acceptors (Lipinski definition) is 4. The summed E-state index contributed by atoms with van der Waals surface area (Å²) in [5.74, 6) is 1.14. The molecule has 0 aliphatic heterocycles. The molecular formula is C15H16N4O. The van der Waals surface area contributed by atoms with Crippen LogP contribution >= 0.6 is 0 Å². The summed E-state index contributed by atoms with van der Waals surface area (Å²) in [6, 6.07) is 12.7. The van der Waals surface area contributed by atoms with Gasteiger partial charge in [-0.1, -0.05) is 0 Å². The third-order valence-corrected chi connectivity index (χ3v) is 3.23. The summed E-state index contributed by atoms with van der Waals surface area (Å²) < 4.78 is 0. The lowest BCUT2D eigenvalue weighted by Crippen LogP contribution is -2.17. The van der Waals surface area contributed by atoms with E-state index in [2.05, 4.69) is 14.9 Å². The zero-order chi connectivity index (χ0) is 14.1. The highest BCUT2D eigenvalue weighted by Gasteiger charge is 2.07. The molecule has 0 saturated carbocycles. The van der Waals surface area contributed by atoms with Crippen LogP contribution in [0.5, 0.6) is 5.75 Å². The van der Waals surface area contributed by atoms with Crippen LogP contribution in [0.1, 0.15) is 5.82 Å². The zero-order valence-corrected chi connectivity index (χ0v) is 11.2. The number of rotatable bonds is 3. The Morgan fingerprint density at radius 1 is 1.20 bits per heavy atom. The second kappa shape index (κ2) is 4.77. The van der Waals surface area contributed by atoms with E-state index in [1.807, 2.05) is 37.4 Å². The molecule has 0 fully saturated rings. The van der Waals surface area contributed by atoms with Crippen LogP contribution in [0.15, 0.2) is 42.5 Å². The summed E-state index contributed by atoms with van der Waals surface area (Å²) in [5, 5.41) is 9.30. The minimum atomic E-state index is 0.265. The van der Waals surface area contributed by atoms with Gasteiger partial charge in [-0.2, -0.15) is 0 Å². The smallest absolute Gasteiger partial charge is 0.126 e. The van der Waals surface area contributed by atoms with Gasteiger partial charge < -0.3 is 20.7 Å². The largest absolute Gasteiger partial charge is 0.508 e. The van der Waals surface area contributed by atoms with Crippen LogP contribution < -0.4 is 10.6 Å². The monoisotopic (exact) mass is 268 g/mol. The van der Waals surface area contributed by atoms with Crippen LogP contribution in [0.4, 0.5) is 11.4 Å². The van der Waals surface area contributed by atoms with Crippen molar-refractivity contribution in [2.24, 2.45) is 0 Å². The highest BCUT2D eigenvalue weighted by Crippen LogP contribution is 2.20. The van der Waals surface area contributed by atoms with Gasteiger partial charge in [0.2, 0.25) is 0 Å². The Morgan fingerprint density at radius 3 is 2.70 bits per heavy atom. The lowest BCUT2D eigenvalue weighted by atomic mass is 10.3. The van der Waals surface area contributed by atoms with E-state index in [0.717, 1.165) is 28.2 Å². The van der Waals surface area contributed by atoms with Gasteiger partial charge in [-0.3, -0.25) is 0 Å². The molecule has 0 radical (unpaired) electrons. The molecule has 4 N–H and O–H groups in total. The van der Waals surface area contributed by atoms with Gasteiger partial charge in [0, 0.05) is 18.4 Å². The zero-order valence-electron chi connectivity index (χ0n) is 11.2. The Bertz CT molecular complexity index is 733. The number of anilines is 2. The molecule has 2 aromatic carbocycles. The van der Waals surface area contributed by atoms with Gasteiger partial charge >= 0.3 is 0 Å². The SMILES string of the molecule is CN(Cc1nc2ccc(N)cc2[nH]1)c1ccc(O)cc1. The van der Waals surface area contributed by atoms with E-state index in [4.69, 9.17) is 5.73 Å². The van der Waals surface area contributed by atoms with E-state index in [9.17, 15) is 5.11 Å². The number of imidazole rings is 1. The van der Waals surface area contributed by atoms with Gasteiger partial charge in [0.25, 0.3) is 0 Å². The number of nitrogens with two attached hydrogens (primary N) is 1. The first-order valence-corrected chi connectivity index (χ1v) is 6.36. The second-order valence-corrected chi connectivity index (χ2v) is 4.83. The summed E-state index contributed by atoms with van der Waals surface area (Å²) in [7, 11) is 1.98. The van der Waals surface area contributed by atoms with Gasteiger partial charge in [-0.25, -0.2) is 4.98 Å². The van der Waals surface area contributed by atoms with Crippen LogP contribution in [0.3, 0.4) is 0 Å². The van der Waals surface area contributed by atoms with Crippen LogP contribution in [0.2, 0.25) is 0 Å². The maximum Gasteiger partial charge on any atom is 0.126 e. The molecule has 5 heteroatoms. The predicted octanol–water partition coefficient (Wildman–Crippen LogP) is 2.49. The topological polar surface area (TPSA) is 78.2 Å². The average molecular weight is 268 g/mol. The van der Waals surface area contributed by atoms with Crippen molar-refractivity contribution in [3.05, 3.63) is 48.3 Å². The quantitative estimate of drug-likeness (QED) is 0.638. The number of aromatic amines is 1. The molecular weight excluding hydrogens is 252 g/mol. The van der Waals surface area contributed by atoms with Crippen LogP contribution in [-0.2, 0) is 6.54 Å². The van der Waals surface area contributed by atoms with E-state index in [1.54, 1.807) is 12.1 Å². The van der Waals surface area contributed by atoms with Crippen molar-refractivity contribution in [1.29, 1.82) is 0 Å². The van der Waals surface area contributed by atoms with Crippen molar-refractivity contribution in [1.82, 2.24) is 9.97 Å². The molecule has 0 saturated heterocycles. The van der Waals surface area contributed by atoms with Crippen molar-refractivity contribution in [2.45, 2.75) is 6.54 Å². The van der Waals surface area contributed by atoms with Crippen LogP contribution in [-0.4, -0.2) is 22.1 Å². The number of phenolic OH excluding ortho intramolecular Hbond substituents is 1. The molecule has 0 atom stereocenters. The minimum Gasteiger partial charge on any atom is -0.508 e. The molecule has 5 nitrogen and oxygen atoms in total. The van der Waals surface area contributed by atoms with E-state index in [-0.39, 0.29) is 5.75 Å². The Labute approximate surface area is 116 Å². The number of hydrogen-bond donors (Lipinski definition) is 3. The molecule has 0 spiro atoms. The first kappa shape index (κ1) is 12.3. The summed E-state index contributed by atoms with van der Waals surface area (Å²) in [6.07, 6.45) is 0. The fraction of sp³-hybridized carbons (Fsp3) is 0.133. The molecule has 3 rings (SSSR count). The maximum absolute atomic E-state index is 9.30. The Kier molecular flexibility index (Phi) is 2.95. The van der Waals surface area contributed by atoms with Crippen LogP contribution in [0.25, 0.3) is 11.0 Å². The number of phenols is 1. The number of nitrogens with one attached hydrogen (secondary N) is 1. The van der Waals surface area contributed by atoms with E-state index < -0.39 is 0 Å². The Balaban J connectivity index is 1.83. The lowest BCUT2D eigenvalue weighted by molar-refractivity contribution is 0.475.